The maximum atomic E-state index is 12.8. The molecule has 2 heterocycles. The van der Waals surface area contributed by atoms with E-state index < -0.39 is 15.6 Å². The van der Waals surface area contributed by atoms with Crippen LogP contribution in [0.1, 0.15) is 37.1 Å². The Labute approximate surface area is 141 Å². The van der Waals surface area contributed by atoms with E-state index in [0.717, 1.165) is 25.9 Å². The van der Waals surface area contributed by atoms with Gasteiger partial charge < -0.3 is 15.2 Å². The maximum absolute atomic E-state index is 12.8. The molecule has 0 spiro atoms. The number of hydrogen-bond donors (Lipinski definition) is 3. The fourth-order valence-corrected chi connectivity index (χ4v) is 5.17. The van der Waals surface area contributed by atoms with Gasteiger partial charge in [-0.25, -0.2) is 8.42 Å². The highest BCUT2D eigenvalue weighted by Crippen LogP contribution is 2.32. The lowest BCUT2D eigenvalue weighted by molar-refractivity contribution is -0.127. The second-order valence-electron chi connectivity index (χ2n) is 6.78. The highest BCUT2D eigenvalue weighted by molar-refractivity contribution is 7.89. The molecule has 1 aliphatic heterocycles. The largest absolute Gasteiger partial charge is 0.360 e. The van der Waals surface area contributed by atoms with Gasteiger partial charge in [0.1, 0.15) is 16.1 Å². The normalized spacial score (nSPS) is 20.8. The van der Waals surface area contributed by atoms with E-state index in [1.807, 2.05) is 0 Å². The number of amides is 1. The van der Waals surface area contributed by atoms with Crippen LogP contribution in [-0.4, -0.2) is 44.7 Å². The number of nitrogens with one attached hydrogen (secondary N) is 3. The zero-order valence-corrected chi connectivity index (χ0v) is 14.8. The number of nitrogens with zero attached hydrogens (tertiary/aromatic N) is 1. The molecule has 1 aromatic heterocycles. The molecule has 24 heavy (non-hydrogen) atoms. The molecule has 0 bridgehead atoms. The molecule has 2 aliphatic rings. The number of rotatable bonds is 6. The Balaban J connectivity index is 1.78. The molecule has 1 saturated carbocycles. The first kappa shape index (κ1) is 17.4. The summed E-state index contributed by atoms with van der Waals surface area (Å²) in [6.07, 6.45) is 2.65. The minimum Gasteiger partial charge on any atom is -0.360 e. The molecule has 1 saturated heterocycles. The zero-order chi connectivity index (χ0) is 17.4. The summed E-state index contributed by atoms with van der Waals surface area (Å²) in [7, 11) is -3.87. The van der Waals surface area contributed by atoms with Gasteiger partial charge in [0.05, 0.1) is 0 Å². The first-order valence-corrected chi connectivity index (χ1v) is 9.78. The summed E-state index contributed by atoms with van der Waals surface area (Å²) in [5.41, 5.74) is -0.777. The van der Waals surface area contributed by atoms with Crippen LogP contribution in [0.4, 0.5) is 0 Å². The van der Waals surface area contributed by atoms with Gasteiger partial charge in [0.15, 0.2) is 5.76 Å². The number of carbonyl (C=O) groups is 1. The lowest BCUT2D eigenvalue weighted by atomic mass is 9.97. The Morgan fingerprint density at radius 2 is 2.00 bits per heavy atom. The molecule has 3 rings (SSSR count). The summed E-state index contributed by atoms with van der Waals surface area (Å²) < 4.78 is 33.2. The summed E-state index contributed by atoms with van der Waals surface area (Å²) in [5, 5.41) is 9.77. The summed E-state index contributed by atoms with van der Waals surface area (Å²) >= 11 is 0. The molecule has 3 N–H and O–H groups in total. The molecule has 1 aliphatic carbocycles. The van der Waals surface area contributed by atoms with Crippen LogP contribution in [0.3, 0.4) is 0 Å². The lowest BCUT2D eigenvalue weighted by Crippen LogP contribution is -2.59. The number of hydrogen-bond acceptors (Lipinski definition) is 6. The Kier molecular flexibility index (Phi) is 4.67. The summed E-state index contributed by atoms with van der Waals surface area (Å²) in [5.74, 6) is 0.419. The second kappa shape index (κ2) is 6.45. The molecule has 8 nitrogen and oxygen atoms in total. The standard InChI is InChI=1S/C15H24N4O4S/c1-10-13(11(2)23-18-10)24(21,22)19-15(5-3-4-6-15)14(20)17-9-12-7-16-8-12/h12,16,19H,3-9H2,1-2H3,(H,17,20). The lowest BCUT2D eigenvalue weighted by Gasteiger charge is -2.32. The van der Waals surface area contributed by atoms with Crippen molar-refractivity contribution in [2.75, 3.05) is 19.6 Å². The van der Waals surface area contributed by atoms with Crippen molar-refractivity contribution in [1.29, 1.82) is 0 Å². The van der Waals surface area contributed by atoms with Crippen LogP contribution in [-0.2, 0) is 14.8 Å². The average molecular weight is 356 g/mol. The van der Waals surface area contributed by atoms with Crippen molar-refractivity contribution in [2.24, 2.45) is 5.92 Å². The predicted molar refractivity (Wildman–Crippen MR) is 86.9 cm³/mol. The van der Waals surface area contributed by atoms with Crippen molar-refractivity contribution in [3.63, 3.8) is 0 Å². The van der Waals surface area contributed by atoms with Crippen molar-refractivity contribution in [1.82, 2.24) is 20.5 Å². The van der Waals surface area contributed by atoms with E-state index >= 15 is 0 Å². The topological polar surface area (TPSA) is 113 Å². The fraction of sp³-hybridized carbons (Fsp3) is 0.733. The second-order valence-corrected chi connectivity index (χ2v) is 8.40. The number of aromatic nitrogens is 1. The van der Waals surface area contributed by atoms with Gasteiger partial charge >= 0.3 is 0 Å². The average Bonchev–Trinajstić information content (AvgIpc) is 3.04. The first-order chi connectivity index (χ1) is 11.3. The summed E-state index contributed by atoms with van der Waals surface area (Å²) in [4.78, 5) is 12.8. The van der Waals surface area contributed by atoms with E-state index in [-0.39, 0.29) is 16.6 Å². The van der Waals surface area contributed by atoms with Crippen molar-refractivity contribution in [2.45, 2.75) is 50.0 Å². The van der Waals surface area contributed by atoms with Crippen LogP contribution in [0.15, 0.2) is 9.42 Å². The smallest absolute Gasteiger partial charge is 0.246 e. The number of aryl methyl sites for hydroxylation is 2. The molecule has 2 fully saturated rings. The molecule has 1 amide bonds. The molecule has 0 atom stereocenters. The zero-order valence-electron chi connectivity index (χ0n) is 14.0. The van der Waals surface area contributed by atoms with Crippen LogP contribution >= 0.6 is 0 Å². The quantitative estimate of drug-likeness (QED) is 0.672. The van der Waals surface area contributed by atoms with Crippen molar-refractivity contribution in [3.05, 3.63) is 11.5 Å². The third kappa shape index (κ3) is 3.20. The Morgan fingerprint density at radius 3 is 2.50 bits per heavy atom. The molecule has 134 valence electrons. The van der Waals surface area contributed by atoms with E-state index in [1.165, 1.54) is 0 Å². The molecular formula is C15H24N4O4S. The summed E-state index contributed by atoms with van der Waals surface area (Å²) in [6.45, 7) is 5.48. The third-order valence-electron chi connectivity index (χ3n) is 4.88. The fourth-order valence-electron chi connectivity index (χ4n) is 3.42. The molecular weight excluding hydrogens is 332 g/mol. The first-order valence-electron chi connectivity index (χ1n) is 8.30. The van der Waals surface area contributed by atoms with Gasteiger partial charge in [0.25, 0.3) is 0 Å². The Morgan fingerprint density at radius 1 is 1.33 bits per heavy atom. The van der Waals surface area contributed by atoms with E-state index in [0.29, 0.717) is 31.0 Å². The van der Waals surface area contributed by atoms with Crippen molar-refractivity contribution in [3.8, 4) is 0 Å². The van der Waals surface area contributed by atoms with Crippen molar-refractivity contribution >= 4 is 15.9 Å². The highest BCUT2D eigenvalue weighted by atomic mass is 32.2. The van der Waals surface area contributed by atoms with Gasteiger partial charge in [-0.3, -0.25) is 4.79 Å². The SMILES string of the molecule is Cc1noc(C)c1S(=O)(=O)NC1(C(=O)NCC2CNC2)CCCC1. The van der Waals surface area contributed by atoms with E-state index in [2.05, 4.69) is 20.5 Å². The third-order valence-corrected chi connectivity index (χ3v) is 6.66. The summed E-state index contributed by atoms with van der Waals surface area (Å²) in [6, 6.07) is 0. The van der Waals surface area contributed by atoms with Crippen LogP contribution in [0.5, 0.6) is 0 Å². The van der Waals surface area contributed by atoms with Crippen LogP contribution in [0, 0.1) is 19.8 Å². The van der Waals surface area contributed by atoms with Crippen molar-refractivity contribution < 1.29 is 17.7 Å². The van der Waals surface area contributed by atoms with E-state index in [4.69, 9.17) is 4.52 Å². The highest BCUT2D eigenvalue weighted by Gasteiger charge is 2.45. The minimum absolute atomic E-state index is 0.0322. The maximum Gasteiger partial charge on any atom is 0.246 e. The molecule has 0 unspecified atom stereocenters. The molecule has 0 radical (unpaired) electrons. The van der Waals surface area contributed by atoms with Crippen LogP contribution in [0.2, 0.25) is 0 Å². The number of sulfonamides is 1. The molecule has 1 aromatic rings. The van der Waals surface area contributed by atoms with Gasteiger partial charge in [0, 0.05) is 25.6 Å². The Bertz CT molecular complexity index is 698. The number of carbonyl (C=O) groups excluding carboxylic acids is 1. The van der Waals surface area contributed by atoms with Crippen LogP contribution in [0.25, 0.3) is 0 Å². The van der Waals surface area contributed by atoms with Crippen LogP contribution < -0.4 is 15.4 Å². The van der Waals surface area contributed by atoms with E-state index in [9.17, 15) is 13.2 Å². The van der Waals surface area contributed by atoms with E-state index in [1.54, 1.807) is 13.8 Å². The van der Waals surface area contributed by atoms with Gasteiger partial charge in [-0.1, -0.05) is 18.0 Å². The predicted octanol–water partition coefficient (Wildman–Crippen LogP) is 0.218. The van der Waals surface area contributed by atoms with Gasteiger partial charge in [-0.05, 0) is 26.7 Å². The van der Waals surface area contributed by atoms with Gasteiger partial charge in [0.2, 0.25) is 15.9 Å². The molecule has 9 heteroatoms. The minimum atomic E-state index is -3.87. The van der Waals surface area contributed by atoms with Gasteiger partial charge in [-0.15, -0.1) is 0 Å². The van der Waals surface area contributed by atoms with Gasteiger partial charge in [-0.2, -0.15) is 4.72 Å². The monoisotopic (exact) mass is 356 g/mol. The Hall–Kier alpha value is -1.45. The molecule has 0 aromatic carbocycles.